The van der Waals surface area contributed by atoms with Crippen molar-refractivity contribution in [1.82, 2.24) is 0 Å². The standard InChI is InChI=1S/C26H26FNO/c1-3-18-5-9-20(10-6-18)26(21-11-7-19(4-2)8-12-21)17-24(26)25(29)28-23-15-13-22(27)14-16-23/h5-16,24H,3-4,17H2,1-2H3,(H,28,29)/t24-/m0/s1. The van der Waals surface area contributed by atoms with E-state index in [0.717, 1.165) is 19.3 Å². The van der Waals surface area contributed by atoms with Crippen LogP contribution in [0.15, 0.2) is 72.8 Å². The van der Waals surface area contributed by atoms with E-state index in [1.54, 1.807) is 12.1 Å². The minimum atomic E-state index is -0.309. The highest BCUT2D eigenvalue weighted by Crippen LogP contribution is 2.59. The Morgan fingerprint density at radius 3 is 1.79 bits per heavy atom. The number of aryl methyl sites for hydroxylation is 2. The molecular weight excluding hydrogens is 361 g/mol. The number of carbonyl (C=O) groups is 1. The molecule has 1 fully saturated rings. The molecule has 1 atom stereocenters. The number of amides is 1. The van der Waals surface area contributed by atoms with Crippen LogP contribution in [0.25, 0.3) is 0 Å². The lowest BCUT2D eigenvalue weighted by atomic mass is 9.84. The van der Waals surface area contributed by atoms with Gasteiger partial charge in [0.05, 0.1) is 5.92 Å². The number of anilines is 1. The second-order valence-corrected chi connectivity index (χ2v) is 7.83. The average molecular weight is 387 g/mol. The number of halogens is 1. The van der Waals surface area contributed by atoms with Crippen LogP contribution in [0.4, 0.5) is 10.1 Å². The molecule has 2 nitrogen and oxygen atoms in total. The molecule has 0 bridgehead atoms. The molecule has 1 amide bonds. The van der Waals surface area contributed by atoms with Crippen LogP contribution in [0.1, 0.15) is 42.5 Å². The predicted molar refractivity (Wildman–Crippen MR) is 116 cm³/mol. The van der Waals surface area contributed by atoms with Crippen LogP contribution in [0.3, 0.4) is 0 Å². The van der Waals surface area contributed by atoms with Gasteiger partial charge in [0, 0.05) is 11.1 Å². The molecule has 0 radical (unpaired) electrons. The summed E-state index contributed by atoms with van der Waals surface area (Å²) in [6, 6.07) is 23.2. The molecule has 1 N–H and O–H groups in total. The first kappa shape index (κ1) is 19.4. The van der Waals surface area contributed by atoms with Gasteiger partial charge in [-0.25, -0.2) is 4.39 Å². The van der Waals surface area contributed by atoms with Crippen LogP contribution < -0.4 is 5.32 Å². The largest absolute Gasteiger partial charge is 0.326 e. The molecule has 0 unspecified atom stereocenters. The fraction of sp³-hybridized carbons (Fsp3) is 0.269. The SMILES string of the molecule is CCc1ccc(C2(c3ccc(CC)cc3)C[C@H]2C(=O)Nc2ccc(F)cc2)cc1. The number of hydrogen-bond donors (Lipinski definition) is 1. The zero-order valence-electron chi connectivity index (χ0n) is 16.9. The van der Waals surface area contributed by atoms with Gasteiger partial charge in [-0.1, -0.05) is 62.4 Å². The third-order valence-electron chi connectivity index (χ3n) is 6.14. The molecule has 4 rings (SSSR count). The summed E-state index contributed by atoms with van der Waals surface area (Å²) in [6.07, 6.45) is 2.76. The van der Waals surface area contributed by atoms with Gasteiger partial charge in [0.2, 0.25) is 5.91 Å². The lowest BCUT2D eigenvalue weighted by Gasteiger charge is -2.20. The van der Waals surface area contributed by atoms with Crippen molar-refractivity contribution in [2.24, 2.45) is 5.92 Å². The average Bonchev–Trinajstić information content (AvgIpc) is 3.53. The van der Waals surface area contributed by atoms with Crippen LogP contribution in [-0.2, 0) is 23.1 Å². The van der Waals surface area contributed by atoms with E-state index in [0.29, 0.717) is 5.69 Å². The fourth-order valence-electron chi connectivity index (χ4n) is 4.22. The second-order valence-electron chi connectivity index (χ2n) is 7.83. The lowest BCUT2D eigenvalue weighted by molar-refractivity contribution is -0.117. The zero-order chi connectivity index (χ0) is 20.4. The summed E-state index contributed by atoms with van der Waals surface area (Å²) in [7, 11) is 0. The van der Waals surface area contributed by atoms with E-state index in [1.807, 2.05) is 0 Å². The van der Waals surface area contributed by atoms with E-state index in [9.17, 15) is 9.18 Å². The maximum absolute atomic E-state index is 13.2. The van der Waals surface area contributed by atoms with Crippen molar-refractivity contribution in [2.45, 2.75) is 38.5 Å². The number of carbonyl (C=O) groups excluding carboxylic acids is 1. The summed E-state index contributed by atoms with van der Waals surface area (Å²) in [5, 5.41) is 2.96. The third kappa shape index (κ3) is 3.69. The first-order chi connectivity index (χ1) is 14.1. The van der Waals surface area contributed by atoms with Crippen molar-refractivity contribution < 1.29 is 9.18 Å². The fourth-order valence-corrected chi connectivity index (χ4v) is 4.22. The molecule has 3 aromatic rings. The van der Waals surface area contributed by atoms with Crippen molar-refractivity contribution in [3.63, 3.8) is 0 Å². The normalized spacial score (nSPS) is 17.0. The highest BCUT2D eigenvalue weighted by atomic mass is 19.1. The Bertz CT molecular complexity index is 943. The molecule has 0 spiro atoms. The summed E-state index contributed by atoms with van der Waals surface area (Å²) in [5.41, 5.74) is 5.26. The van der Waals surface area contributed by atoms with Crippen molar-refractivity contribution >= 4 is 11.6 Å². The maximum atomic E-state index is 13.2. The molecule has 3 aromatic carbocycles. The first-order valence-electron chi connectivity index (χ1n) is 10.3. The Morgan fingerprint density at radius 2 is 1.34 bits per heavy atom. The first-order valence-corrected chi connectivity index (χ1v) is 10.3. The molecule has 1 aliphatic carbocycles. The monoisotopic (exact) mass is 387 g/mol. The molecular formula is C26H26FNO. The Balaban J connectivity index is 1.66. The molecule has 0 aliphatic heterocycles. The van der Waals surface area contributed by atoms with Gasteiger partial charge in [-0.05, 0) is 65.8 Å². The molecule has 0 saturated heterocycles. The summed E-state index contributed by atoms with van der Waals surface area (Å²) < 4.78 is 13.2. The molecule has 148 valence electrons. The smallest absolute Gasteiger partial charge is 0.228 e. The van der Waals surface area contributed by atoms with Crippen LogP contribution in [0.5, 0.6) is 0 Å². The highest BCUT2D eigenvalue weighted by Gasteiger charge is 2.60. The topological polar surface area (TPSA) is 29.1 Å². The number of benzene rings is 3. The van der Waals surface area contributed by atoms with Gasteiger partial charge in [-0.2, -0.15) is 0 Å². The molecule has 3 heteroatoms. The Hall–Kier alpha value is -2.94. The third-order valence-corrected chi connectivity index (χ3v) is 6.14. The van der Waals surface area contributed by atoms with Gasteiger partial charge < -0.3 is 5.32 Å². The van der Waals surface area contributed by atoms with Crippen molar-refractivity contribution in [3.05, 3.63) is 101 Å². The zero-order valence-corrected chi connectivity index (χ0v) is 16.9. The lowest BCUT2D eigenvalue weighted by Crippen LogP contribution is -2.22. The van der Waals surface area contributed by atoms with Crippen molar-refractivity contribution in [1.29, 1.82) is 0 Å². The van der Waals surface area contributed by atoms with E-state index in [2.05, 4.69) is 67.7 Å². The highest BCUT2D eigenvalue weighted by molar-refractivity contribution is 5.97. The van der Waals surface area contributed by atoms with Crippen molar-refractivity contribution in [2.75, 3.05) is 5.32 Å². The molecule has 29 heavy (non-hydrogen) atoms. The Labute approximate surface area is 171 Å². The minimum Gasteiger partial charge on any atom is -0.326 e. The number of hydrogen-bond acceptors (Lipinski definition) is 1. The number of nitrogens with one attached hydrogen (secondary N) is 1. The Kier molecular flexibility index (Phi) is 5.23. The van der Waals surface area contributed by atoms with Gasteiger partial charge in [0.1, 0.15) is 5.82 Å². The molecule has 1 aliphatic rings. The van der Waals surface area contributed by atoms with E-state index in [1.165, 1.54) is 34.4 Å². The van der Waals surface area contributed by atoms with Crippen LogP contribution in [0.2, 0.25) is 0 Å². The maximum Gasteiger partial charge on any atom is 0.228 e. The quantitative estimate of drug-likeness (QED) is 0.561. The summed E-state index contributed by atoms with van der Waals surface area (Å²) in [6.45, 7) is 4.29. The van der Waals surface area contributed by atoms with E-state index in [4.69, 9.17) is 0 Å². The number of rotatable bonds is 6. The van der Waals surface area contributed by atoms with Crippen LogP contribution in [0, 0.1) is 11.7 Å². The van der Waals surface area contributed by atoms with Gasteiger partial charge >= 0.3 is 0 Å². The molecule has 1 saturated carbocycles. The second kappa shape index (κ2) is 7.82. The van der Waals surface area contributed by atoms with Crippen LogP contribution in [-0.4, -0.2) is 5.91 Å². The van der Waals surface area contributed by atoms with E-state index in [-0.39, 0.29) is 23.1 Å². The van der Waals surface area contributed by atoms with Gasteiger partial charge in [0.25, 0.3) is 0 Å². The van der Waals surface area contributed by atoms with E-state index >= 15 is 0 Å². The summed E-state index contributed by atoms with van der Waals surface area (Å²) >= 11 is 0. The minimum absolute atomic E-state index is 0.0178. The van der Waals surface area contributed by atoms with Gasteiger partial charge in [-0.3, -0.25) is 4.79 Å². The van der Waals surface area contributed by atoms with E-state index < -0.39 is 0 Å². The Morgan fingerprint density at radius 1 is 0.862 bits per heavy atom. The summed E-state index contributed by atoms with van der Waals surface area (Å²) in [4.78, 5) is 13.1. The summed E-state index contributed by atoms with van der Waals surface area (Å²) in [5.74, 6) is -0.473. The van der Waals surface area contributed by atoms with Gasteiger partial charge in [-0.15, -0.1) is 0 Å². The molecule has 0 heterocycles. The predicted octanol–water partition coefficient (Wildman–Crippen LogP) is 5.90. The van der Waals surface area contributed by atoms with Crippen LogP contribution >= 0.6 is 0 Å². The van der Waals surface area contributed by atoms with Gasteiger partial charge in [0.15, 0.2) is 0 Å². The molecule has 0 aromatic heterocycles. The van der Waals surface area contributed by atoms with Crippen molar-refractivity contribution in [3.8, 4) is 0 Å².